The lowest BCUT2D eigenvalue weighted by Crippen LogP contribution is -2.28. The van der Waals surface area contributed by atoms with Gasteiger partial charge in [0.1, 0.15) is 0 Å². The van der Waals surface area contributed by atoms with Crippen molar-refractivity contribution in [3.05, 3.63) is 28.8 Å². The van der Waals surface area contributed by atoms with Crippen LogP contribution in [-0.2, 0) is 6.18 Å². The Kier molecular flexibility index (Phi) is 4.22. The van der Waals surface area contributed by atoms with Crippen LogP contribution in [0.3, 0.4) is 0 Å². The third-order valence-electron chi connectivity index (χ3n) is 1.88. The molecule has 1 aromatic carbocycles. The maximum atomic E-state index is 12.3. The number of benzene rings is 1. The van der Waals surface area contributed by atoms with Crippen molar-refractivity contribution in [3.8, 4) is 0 Å². The van der Waals surface area contributed by atoms with Gasteiger partial charge in [-0.15, -0.1) is 0 Å². The highest BCUT2D eigenvalue weighted by atomic mass is 35.5. The first kappa shape index (κ1) is 13.6. The summed E-state index contributed by atoms with van der Waals surface area (Å²) in [6.07, 6.45) is -4.45. The molecule has 17 heavy (non-hydrogen) atoms. The number of urea groups is 1. The lowest BCUT2D eigenvalue weighted by Gasteiger charge is -2.11. The summed E-state index contributed by atoms with van der Waals surface area (Å²) in [6, 6.07) is 2.21. The van der Waals surface area contributed by atoms with Gasteiger partial charge in [-0.2, -0.15) is 13.2 Å². The van der Waals surface area contributed by atoms with Gasteiger partial charge in [-0.3, -0.25) is 0 Å². The number of halogens is 4. The summed E-state index contributed by atoms with van der Waals surface area (Å²) in [5.74, 6) is 0. The van der Waals surface area contributed by atoms with Gasteiger partial charge in [0, 0.05) is 6.54 Å². The van der Waals surface area contributed by atoms with Gasteiger partial charge < -0.3 is 10.6 Å². The highest BCUT2D eigenvalue weighted by Crippen LogP contribution is 2.33. The fourth-order valence-electron chi connectivity index (χ4n) is 1.12. The zero-order chi connectivity index (χ0) is 13.1. The highest BCUT2D eigenvalue weighted by molar-refractivity contribution is 6.33. The Morgan fingerprint density at radius 1 is 1.41 bits per heavy atom. The minimum absolute atomic E-state index is 0.130. The van der Waals surface area contributed by atoms with Crippen LogP contribution in [0.2, 0.25) is 5.02 Å². The summed E-state index contributed by atoms with van der Waals surface area (Å²) in [5, 5.41) is 4.61. The fourth-order valence-corrected chi connectivity index (χ4v) is 1.35. The zero-order valence-electron chi connectivity index (χ0n) is 8.86. The molecule has 0 aliphatic rings. The number of anilines is 1. The Bertz CT molecular complexity index is 421. The molecule has 3 nitrogen and oxygen atoms in total. The standard InChI is InChI=1S/C10H10ClF3N2O/c1-2-15-9(17)16-8-4-3-6(5-7(8)11)10(12,13)14/h3-5H,2H2,1H3,(H2,15,16,17). The average molecular weight is 267 g/mol. The molecule has 0 atom stereocenters. The Balaban J connectivity index is 2.87. The number of carbonyl (C=O) groups is 1. The molecule has 1 rings (SSSR count). The number of hydrogen-bond donors (Lipinski definition) is 2. The molecule has 2 amide bonds. The first-order chi connectivity index (χ1) is 7.84. The van der Waals surface area contributed by atoms with Crippen molar-refractivity contribution in [3.63, 3.8) is 0 Å². The molecule has 0 aliphatic heterocycles. The maximum Gasteiger partial charge on any atom is 0.416 e. The SMILES string of the molecule is CCNC(=O)Nc1ccc(C(F)(F)F)cc1Cl. The molecule has 7 heteroatoms. The third-order valence-corrected chi connectivity index (χ3v) is 2.19. The first-order valence-electron chi connectivity index (χ1n) is 4.76. The van der Waals surface area contributed by atoms with E-state index >= 15 is 0 Å². The number of hydrogen-bond acceptors (Lipinski definition) is 1. The fraction of sp³-hybridized carbons (Fsp3) is 0.300. The van der Waals surface area contributed by atoms with Crippen molar-refractivity contribution in [2.24, 2.45) is 0 Å². The second-order valence-corrected chi connectivity index (χ2v) is 3.58. The summed E-state index contributed by atoms with van der Waals surface area (Å²) in [6.45, 7) is 2.12. The molecule has 0 saturated carbocycles. The van der Waals surface area contributed by atoms with Gasteiger partial charge in [-0.25, -0.2) is 4.79 Å². The molecular formula is C10H10ClF3N2O. The van der Waals surface area contributed by atoms with Crippen LogP contribution in [0.4, 0.5) is 23.7 Å². The largest absolute Gasteiger partial charge is 0.416 e. The molecule has 0 radical (unpaired) electrons. The van der Waals surface area contributed by atoms with E-state index in [1.54, 1.807) is 6.92 Å². The zero-order valence-corrected chi connectivity index (χ0v) is 9.62. The highest BCUT2D eigenvalue weighted by Gasteiger charge is 2.30. The molecule has 0 heterocycles. The van der Waals surface area contributed by atoms with E-state index in [1.807, 2.05) is 0 Å². The van der Waals surface area contributed by atoms with E-state index in [-0.39, 0.29) is 10.7 Å². The Morgan fingerprint density at radius 2 is 2.06 bits per heavy atom. The predicted molar refractivity (Wildman–Crippen MR) is 59.1 cm³/mol. The minimum Gasteiger partial charge on any atom is -0.338 e. The van der Waals surface area contributed by atoms with Crippen LogP contribution in [0, 0.1) is 0 Å². The molecule has 0 fully saturated rings. The molecule has 0 spiro atoms. The van der Waals surface area contributed by atoms with Gasteiger partial charge in [0.05, 0.1) is 16.3 Å². The van der Waals surface area contributed by atoms with Crippen LogP contribution in [0.1, 0.15) is 12.5 Å². The second-order valence-electron chi connectivity index (χ2n) is 3.18. The summed E-state index contributed by atoms with van der Waals surface area (Å²) >= 11 is 5.64. The van der Waals surface area contributed by atoms with Gasteiger partial charge in [0.2, 0.25) is 0 Å². The normalized spacial score (nSPS) is 11.1. The second kappa shape index (κ2) is 5.27. The minimum atomic E-state index is -4.45. The Labute approximate surface area is 101 Å². The molecule has 2 N–H and O–H groups in total. The van der Waals surface area contributed by atoms with Crippen LogP contribution in [0.5, 0.6) is 0 Å². The first-order valence-corrected chi connectivity index (χ1v) is 5.14. The van der Waals surface area contributed by atoms with Crippen molar-refractivity contribution in [1.82, 2.24) is 5.32 Å². The predicted octanol–water partition coefficient (Wildman–Crippen LogP) is 3.50. The Morgan fingerprint density at radius 3 is 2.53 bits per heavy atom. The molecule has 0 bridgehead atoms. The van der Waals surface area contributed by atoms with E-state index in [2.05, 4.69) is 10.6 Å². The van der Waals surface area contributed by atoms with Crippen LogP contribution in [0.25, 0.3) is 0 Å². The van der Waals surface area contributed by atoms with E-state index in [9.17, 15) is 18.0 Å². The summed E-state index contributed by atoms with van der Waals surface area (Å²) < 4.78 is 37.0. The van der Waals surface area contributed by atoms with Crippen molar-refractivity contribution in [2.45, 2.75) is 13.1 Å². The molecule has 1 aromatic rings. The van der Waals surface area contributed by atoms with Crippen molar-refractivity contribution < 1.29 is 18.0 Å². The number of alkyl halides is 3. The molecular weight excluding hydrogens is 257 g/mol. The Hall–Kier alpha value is -1.43. The van der Waals surface area contributed by atoms with Gasteiger partial charge in [-0.1, -0.05) is 11.6 Å². The maximum absolute atomic E-state index is 12.3. The van der Waals surface area contributed by atoms with Crippen LogP contribution < -0.4 is 10.6 Å². The van der Waals surface area contributed by atoms with Crippen LogP contribution >= 0.6 is 11.6 Å². The summed E-state index contributed by atoms with van der Waals surface area (Å²) in [7, 11) is 0. The number of rotatable bonds is 2. The smallest absolute Gasteiger partial charge is 0.338 e. The van der Waals surface area contributed by atoms with Crippen LogP contribution in [-0.4, -0.2) is 12.6 Å². The van der Waals surface area contributed by atoms with E-state index in [0.717, 1.165) is 18.2 Å². The summed E-state index contributed by atoms with van der Waals surface area (Å²) in [5.41, 5.74) is -0.727. The molecule has 0 unspecified atom stereocenters. The molecule has 0 saturated heterocycles. The average Bonchev–Trinajstić information content (AvgIpc) is 2.20. The van der Waals surface area contributed by atoms with Crippen molar-refractivity contribution >= 4 is 23.3 Å². The quantitative estimate of drug-likeness (QED) is 0.845. The molecule has 94 valence electrons. The molecule has 0 aromatic heterocycles. The third kappa shape index (κ3) is 3.81. The van der Waals surface area contributed by atoms with Gasteiger partial charge >= 0.3 is 12.2 Å². The number of nitrogens with one attached hydrogen (secondary N) is 2. The lowest BCUT2D eigenvalue weighted by molar-refractivity contribution is -0.137. The number of amides is 2. The van der Waals surface area contributed by atoms with Crippen molar-refractivity contribution in [1.29, 1.82) is 0 Å². The van der Waals surface area contributed by atoms with E-state index in [4.69, 9.17) is 11.6 Å². The van der Waals surface area contributed by atoms with E-state index in [0.29, 0.717) is 6.54 Å². The van der Waals surface area contributed by atoms with Crippen molar-refractivity contribution in [2.75, 3.05) is 11.9 Å². The number of carbonyl (C=O) groups excluding carboxylic acids is 1. The van der Waals surface area contributed by atoms with Gasteiger partial charge in [-0.05, 0) is 25.1 Å². The van der Waals surface area contributed by atoms with E-state index < -0.39 is 17.8 Å². The monoisotopic (exact) mass is 266 g/mol. The van der Waals surface area contributed by atoms with Gasteiger partial charge in [0.15, 0.2) is 0 Å². The van der Waals surface area contributed by atoms with E-state index in [1.165, 1.54) is 0 Å². The summed E-state index contributed by atoms with van der Waals surface area (Å²) in [4.78, 5) is 11.1. The van der Waals surface area contributed by atoms with Gasteiger partial charge in [0.25, 0.3) is 0 Å². The lowest BCUT2D eigenvalue weighted by atomic mass is 10.2. The molecule has 0 aliphatic carbocycles. The van der Waals surface area contributed by atoms with Crippen LogP contribution in [0.15, 0.2) is 18.2 Å². The topological polar surface area (TPSA) is 41.1 Å².